The molecule has 0 aromatic heterocycles. The van der Waals surface area contributed by atoms with Crippen LogP contribution in [-0.4, -0.2) is 50.7 Å². The minimum absolute atomic E-state index is 0.131. The predicted octanol–water partition coefficient (Wildman–Crippen LogP) is 0.973. The molecule has 0 aromatic rings. The van der Waals surface area contributed by atoms with Gasteiger partial charge >= 0.3 is 0 Å². The topological polar surface area (TPSA) is 41.6 Å². The summed E-state index contributed by atoms with van der Waals surface area (Å²) in [5.74, 6) is 1.43. The number of carbonyl (C=O) groups excluding carboxylic acids is 1. The summed E-state index contributed by atoms with van der Waals surface area (Å²) >= 11 is 0. The van der Waals surface area contributed by atoms with Crippen molar-refractivity contribution in [2.75, 3.05) is 39.9 Å². The Hall–Kier alpha value is -0.610. The van der Waals surface area contributed by atoms with Crippen molar-refractivity contribution in [1.82, 2.24) is 10.2 Å². The second-order valence-electron chi connectivity index (χ2n) is 5.38. The van der Waals surface area contributed by atoms with Gasteiger partial charge in [-0.2, -0.15) is 0 Å². The van der Waals surface area contributed by atoms with Crippen molar-refractivity contribution in [2.24, 2.45) is 17.8 Å². The van der Waals surface area contributed by atoms with E-state index in [4.69, 9.17) is 4.74 Å². The molecule has 4 nitrogen and oxygen atoms in total. The molecular weight excluding hydrogens is 216 g/mol. The molecule has 1 atom stereocenters. The average molecular weight is 242 g/mol. The summed E-state index contributed by atoms with van der Waals surface area (Å²) < 4.78 is 5.08. The quantitative estimate of drug-likeness (QED) is 0.723. The van der Waals surface area contributed by atoms with Crippen molar-refractivity contribution >= 4 is 5.91 Å². The van der Waals surface area contributed by atoms with Crippen molar-refractivity contribution in [3.05, 3.63) is 0 Å². The molecule has 0 radical (unpaired) electrons. The average Bonchev–Trinajstić information content (AvgIpc) is 2.20. The smallest absolute Gasteiger partial charge is 0.225 e. The predicted molar refractivity (Wildman–Crippen MR) is 68.8 cm³/mol. The summed E-state index contributed by atoms with van der Waals surface area (Å²) in [5.41, 5.74) is 0. The molecule has 1 rings (SSSR count). The molecular formula is C13H26N2O2. The number of methoxy groups -OCH3 is 1. The van der Waals surface area contributed by atoms with Crippen LogP contribution in [0.3, 0.4) is 0 Å². The Bertz CT molecular complexity index is 240. The SMILES string of the molecule is COCCN(CC(C)C)C(=O)C(C)C1CNC1. The van der Waals surface area contributed by atoms with Crippen LogP contribution in [0.4, 0.5) is 0 Å². The van der Waals surface area contributed by atoms with Crippen molar-refractivity contribution in [3.63, 3.8) is 0 Å². The van der Waals surface area contributed by atoms with E-state index in [1.54, 1.807) is 7.11 Å². The highest BCUT2D eigenvalue weighted by molar-refractivity contribution is 5.79. The molecule has 0 spiro atoms. The summed E-state index contributed by atoms with van der Waals surface area (Å²) in [4.78, 5) is 14.3. The van der Waals surface area contributed by atoms with Gasteiger partial charge in [0.1, 0.15) is 0 Å². The van der Waals surface area contributed by atoms with Gasteiger partial charge in [-0.25, -0.2) is 0 Å². The number of amides is 1. The Morgan fingerprint density at radius 1 is 1.41 bits per heavy atom. The number of ether oxygens (including phenoxy) is 1. The second kappa shape index (κ2) is 6.97. The van der Waals surface area contributed by atoms with Crippen LogP contribution in [0.5, 0.6) is 0 Å². The van der Waals surface area contributed by atoms with Crippen molar-refractivity contribution < 1.29 is 9.53 Å². The first-order chi connectivity index (χ1) is 8.06. The van der Waals surface area contributed by atoms with Gasteiger partial charge in [0.25, 0.3) is 0 Å². The van der Waals surface area contributed by atoms with E-state index in [-0.39, 0.29) is 11.8 Å². The molecule has 100 valence electrons. The summed E-state index contributed by atoms with van der Waals surface area (Å²) in [6.07, 6.45) is 0. The molecule has 0 saturated carbocycles. The van der Waals surface area contributed by atoms with E-state index in [0.29, 0.717) is 25.0 Å². The zero-order valence-electron chi connectivity index (χ0n) is 11.5. The number of hydrogen-bond donors (Lipinski definition) is 1. The molecule has 1 saturated heterocycles. The molecule has 0 aliphatic carbocycles. The van der Waals surface area contributed by atoms with Gasteiger partial charge in [-0.05, 0) is 24.9 Å². The van der Waals surface area contributed by atoms with Gasteiger partial charge in [0.05, 0.1) is 6.61 Å². The molecule has 0 bridgehead atoms. The molecule has 17 heavy (non-hydrogen) atoms. The highest BCUT2D eigenvalue weighted by atomic mass is 16.5. The third kappa shape index (κ3) is 4.28. The van der Waals surface area contributed by atoms with E-state index in [1.807, 2.05) is 11.8 Å². The molecule has 1 N–H and O–H groups in total. The Morgan fingerprint density at radius 2 is 2.06 bits per heavy atom. The number of nitrogens with zero attached hydrogens (tertiary/aromatic N) is 1. The first-order valence-corrected chi connectivity index (χ1v) is 6.54. The lowest BCUT2D eigenvalue weighted by molar-refractivity contribution is -0.138. The third-order valence-electron chi connectivity index (χ3n) is 3.37. The maximum atomic E-state index is 12.4. The van der Waals surface area contributed by atoms with E-state index >= 15 is 0 Å². The van der Waals surface area contributed by atoms with Crippen molar-refractivity contribution in [3.8, 4) is 0 Å². The summed E-state index contributed by atoms with van der Waals surface area (Å²) in [6, 6.07) is 0. The maximum absolute atomic E-state index is 12.4. The lowest BCUT2D eigenvalue weighted by atomic mass is 9.88. The van der Waals surface area contributed by atoms with Crippen LogP contribution in [0, 0.1) is 17.8 Å². The van der Waals surface area contributed by atoms with Crippen LogP contribution >= 0.6 is 0 Å². The molecule has 1 heterocycles. The van der Waals surface area contributed by atoms with E-state index < -0.39 is 0 Å². The minimum atomic E-state index is 0.131. The van der Waals surface area contributed by atoms with Crippen LogP contribution in [0.1, 0.15) is 20.8 Å². The van der Waals surface area contributed by atoms with Crippen molar-refractivity contribution in [2.45, 2.75) is 20.8 Å². The van der Waals surface area contributed by atoms with E-state index in [1.165, 1.54) is 0 Å². The second-order valence-corrected chi connectivity index (χ2v) is 5.38. The molecule has 1 unspecified atom stereocenters. The van der Waals surface area contributed by atoms with Gasteiger partial charge in [0.15, 0.2) is 0 Å². The normalized spacial score (nSPS) is 17.9. The van der Waals surface area contributed by atoms with Gasteiger partial charge in [-0.1, -0.05) is 20.8 Å². The lowest BCUT2D eigenvalue weighted by Crippen LogP contribution is -2.51. The lowest BCUT2D eigenvalue weighted by Gasteiger charge is -2.35. The van der Waals surface area contributed by atoms with Gasteiger partial charge in [0, 0.05) is 26.1 Å². The van der Waals surface area contributed by atoms with Gasteiger partial charge in [-0.15, -0.1) is 0 Å². The van der Waals surface area contributed by atoms with E-state index in [2.05, 4.69) is 19.2 Å². The summed E-state index contributed by atoms with van der Waals surface area (Å²) in [7, 11) is 1.68. The molecule has 1 fully saturated rings. The van der Waals surface area contributed by atoms with E-state index in [9.17, 15) is 4.79 Å². The molecule has 4 heteroatoms. The van der Waals surface area contributed by atoms with Gasteiger partial charge in [0.2, 0.25) is 5.91 Å². The highest BCUT2D eigenvalue weighted by Gasteiger charge is 2.31. The highest BCUT2D eigenvalue weighted by Crippen LogP contribution is 2.19. The first kappa shape index (κ1) is 14.5. The van der Waals surface area contributed by atoms with Crippen LogP contribution in [0.2, 0.25) is 0 Å². The zero-order chi connectivity index (χ0) is 12.8. The number of rotatable bonds is 7. The fraction of sp³-hybridized carbons (Fsp3) is 0.923. The van der Waals surface area contributed by atoms with Gasteiger partial charge in [-0.3, -0.25) is 4.79 Å². The van der Waals surface area contributed by atoms with Crippen LogP contribution < -0.4 is 5.32 Å². The fourth-order valence-corrected chi connectivity index (χ4v) is 2.09. The number of hydrogen-bond acceptors (Lipinski definition) is 3. The van der Waals surface area contributed by atoms with E-state index in [0.717, 1.165) is 19.6 Å². The Labute approximate surface area is 105 Å². The van der Waals surface area contributed by atoms with Crippen molar-refractivity contribution in [1.29, 1.82) is 0 Å². The largest absolute Gasteiger partial charge is 0.383 e. The molecule has 1 amide bonds. The fourth-order valence-electron chi connectivity index (χ4n) is 2.09. The summed E-state index contributed by atoms with van der Waals surface area (Å²) in [6.45, 7) is 10.4. The Morgan fingerprint density at radius 3 is 2.47 bits per heavy atom. The standard InChI is InChI=1S/C13H26N2O2/c1-10(2)9-15(5-6-17-4)13(16)11(3)12-7-14-8-12/h10-12,14H,5-9H2,1-4H3. The maximum Gasteiger partial charge on any atom is 0.225 e. The monoisotopic (exact) mass is 242 g/mol. The van der Waals surface area contributed by atoms with Gasteiger partial charge < -0.3 is 15.0 Å². The molecule has 0 aromatic carbocycles. The van der Waals surface area contributed by atoms with Crippen LogP contribution in [0.15, 0.2) is 0 Å². The zero-order valence-corrected chi connectivity index (χ0v) is 11.5. The van der Waals surface area contributed by atoms with Crippen LogP contribution in [-0.2, 0) is 9.53 Å². The number of nitrogens with one attached hydrogen (secondary N) is 1. The third-order valence-corrected chi connectivity index (χ3v) is 3.37. The first-order valence-electron chi connectivity index (χ1n) is 6.54. The Kier molecular flexibility index (Phi) is 5.92. The molecule has 1 aliphatic rings. The number of carbonyl (C=O) groups is 1. The summed E-state index contributed by atoms with van der Waals surface area (Å²) in [5, 5.41) is 3.22. The van der Waals surface area contributed by atoms with Crippen LogP contribution in [0.25, 0.3) is 0 Å². The minimum Gasteiger partial charge on any atom is -0.383 e. The Balaban J connectivity index is 2.50. The molecule has 1 aliphatic heterocycles.